The molecular weight excluding hydrogens is 599 g/mol. The predicted molar refractivity (Wildman–Crippen MR) is 164 cm³/mol. The summed E-state index contributed by atoms with van der Waals surface area (Å²) < 4.78 is 10.7. The van der Waals surface area contributed by atoms with Crippen LogP contribution in [0.5, 0.6) is 5.75 Å². The van der Waals surface area contributed by atoms with Crippen molar-refractivity contribution in [1.82, 2.24) is 9.88 Å². The number of hydrogen-bond acceptors (Lipinski definition) is 8. The number of methoxy groups -OCH3 is 1. The zero-order chi connectivity index (χ0) is 29.4. The number of carbonyl (C=O) groups excluding carboxylic acids is 2. The van der Waals surface area contributed by atoms with Crippen LogP contribution in [0.25, 0.3) is 10.2 Å². The Morgan fingerprint density at radius 2 is 1.98 bits per heavy atom. The first-order valence-electron chi connectivity index (χ1n) is 13.1. The van der Waals surface area contributed by atoms with Gasteiger partial charge < -0.3 is 20.1 Å². The molecule has 4 aromatic rings. The summed E-state index contributed by atoms with van der Waals surface area (Å²) in [6.07, 6.45) is 2.28. The van der Waals surface area contributed by atoms with Gasteiger partial charge in [-0.3, -0.25) is 14.6 Å². The van der Waals surface area contributed by atoms with E-state index >= 15 is 0 Å². The fourth-order valence-corrected chi connectivity index (χ4v) is 6.58. The average Bonchev–Trinajstić information content (AvgIpc) is 3.37. The van der Waals surface area contributed by atoms with Crippen LogP contribution in [0.1, 0.15) is 20.8 Å². The molecule has 0 bridgehead atoms. The number of nitriles is 1. The van der Waals surface area contributed by atoms with Crippen molar-refractivity contribution in [2.45, 2.75) is 6.42 Å². The lowest BCUT2D eigenvalue weighted by Gasteiger charge is -2.30. The van der Waals surface area contributed by atoms with E-state index in [0.717, 1.165) is 50.6 Å². The van der Waals surface area contributed by atoms with E-state index in [-0.39, 0.29) is 37.5 Å². The first-order chi connectivity index (χ1) is 20.4. The molecule has 0 saturated carbocycles. The number of carbonyl (C=O) groups is 2. The van der Waals surface area contributed by atoms with E-state index in [9.17, 15) is 14.9 Å². The van der Waals surface area contributed by atoms with E-state index in [4.69, 9.17) is 32.7 Å². The van der Waals surface area contributed by atoms with Crippen molar-refractivity contribution in [1.29, 1.82) is 5.26 Å². The molecule has 10 nitrogen and oxygen atoms in total. The van der Waals surface area contributed by atoms with E-state index in [0.29, 0.717) is 21.7 Å². The number of rotatable bonds is 7. The van der Waals surface area contributed by atoms with Gasteiger partial charge >= 0.3 is 6.03 Å². The molecule has 3 amide bonds. The van der Waals surface area contributed by atoms with Gasteiger partial charge in [-0.1, -0.05) is 35.3 Å². The van der Waals surface area contributed by atoms with Gasteiger partial charge in [-0.05, 0) is 30.2 Å². The normalized spacial score (nSPS) is 14.9. The van der Waals surface area contributed by atoms with Gasteiger partial charge in [0, 0.05) is 37.6 Å². The predicted octanol–water partition coefficient (Wildman–Crippen LogP) is 6.29. The Morgan fingerprint density at radius 1 is 1.21 bits per heavy atom. The number of anilines is 4. The highest BCUT2D eigenvalue weighted by molar-refractivity contribution is 7.21. The summed E-state index contributed by atoms with van der Waals surface area (Å²) in [4.78, 5) is 35.8. The summed E-state index contributed by atoms with van der Waals surface area (Å²) in [6.45, 7) is 4.36. The highest BCUT2D eigenvalue weighted by Gasteiger charge is 2.36. The third-order valence-corrected chi connectivity index (χ3v) is 8.87. The highest BCUT2D eigenvalue weighted by Crippen LogP contribution is 2.49. The summed E-state index contributed by atoms with van der Waals surface area (Å²) in [5.74, 6) is -0.102. The number of nitrogens with zero attached hydrogens (tertiary/aromatic N) is 4. The molecule has 13 heteroatoms. The maximum atomic E-state index is 13.6. The molecule has 1 fully saturated rings. The van der Waals surface area contributed by atoms with Crippen LogP contribution in [0, 0.1) is 11.3 Å². The number of amides is 3. The van der Waals surface area contributed by atoms with Crippen LogP contribution >= 0.6 is 34.5 Å². The molecule has 42 heavy (non-hydrogen) atoms. The molecule has 0 radical (unpaired) electrons. The molecule has 2 aliphatic rings. The van der Waals surface area contributed by atoms with Crippen LogP contribution in [-0.4, -0.2) is 61.8 Å². The van der Waals surface area contributed by atoms with Crippen molar-refractivity contribution in [3.05, 3.63) is 68.6 Å². The van der Waals surface area contributed by atoms with Gasteiger partial charge in [0.25, 0.3) is 5.91 Å². The van der Waals surface area contributed by atoms with Gasteiger partial charge in [-0.25, -0.2) is 9.78 Å². The molecule has 2 N–H and O–H groups in total. The van der Waals surface area contributed by atoms with Crippen LogP contribution in [0.3, 0.4) is 0 Å². The Balaban J connectivity index is 1.30. The van der Waals surface area contributed by atoms with Crippen LogP contribution in [0.4, 0.5) is 27.5 Å². The lowest BCUT2D eigenvalue weighted by atomic mass is 10.1. The number of thiophene rings is 1. The van der Waals surface area contributed by atoms with Gasteiger partial charge in [0.15, 0.2) is 0 Å². The molecule has 1 saturated heterocycles. The van der Waals surface area contributed by atoms with Gasteiger partial charge in [0.1, 0.15) is 21.5 Å². The third kappa shape index (κ3) is 5.24. The monoisotopic (exact) mass is 622 g/mol. The minimum absolute atomic E-state index is 0.140. The first kappa shape index (κ1) is 28.2. The fourth-order valence-electron chi connectivity index (χ4n) is 5.04. The lowest BCUT2D eigenvalue weighted by Crippen LogP contribution is -2.37. The van der Waals surface area contributed by atoms with E-state index in [1.807, 2.05) is 24.3 Å². The maximum absolute atomic E-state index is 13.6. The topological polar surface area (TPSA) is 120 Å². The summed E-state index contributed by atoms with van der Waals surface area (Å²) >= 11 is 13.8. The molecule has 0 spiro atoms. The van der Waals surface area contributed by atoms with Crippen molar-refractivity contribution in [2.24, 2.45) is 0 Å². The molecule has 0 unspecified atom stereocenters. The van der Waals surface area contributed by atoms with Crippen molar-refractivity contribution in [2.75, 3.05) is 55.5 Å². The average molecular weight is 624 g/mol. The second kappa shape index (κ2) is 11.8. The zero-order valence-electron chi connectivity index (χ0n) is 22.4. The Bertz CT molecular complexity index is 1750. The number of hydrogen-bond donors (Lipinski definition) is 2. The van der Waals surface area contributed by atoms with Crippen LogP contribution in [0.15, 0.2) is 42.6 Å². The second-order valence-corrected chi connectivity index (χ2v) is 11.5. The van der Waals surface area contributed by atoms with Crippen molar-refractivity contribution >= 4 is 79.4 Å². The number of halogens is 2. The molecule has 2 aromatic heterocycles. The van der Waals surface area contributed by atoms with E-state index in [1.165, 1.54) is 35.9 Å². The molecule has 2 aliphatic heterocycles. The number of pyridine rings is 1. The van der Waals surface area contributed by atoms with Gasteiger partial charge in [0.05, 0.1) is 58.4 Å². The Hall–Kier alpha value is -3.92. The number of aromatic nitrogens is 1. The first-order valence-corrected chi connectivity index (χ1v) is 14.6. The van der Waals surface area contributed by atoms with E-state index in [1.54, 1.807) is 0 Å². The largest absolute Gasteiger partial charge is 0.495 e. The quantitative estimate of drug-likeness (QED) is 0.248. The molecule has 214 valence electrons. The molecule has 0 atom stereocenters. The van der Waals surface area contributed by atoms with Crippen LogP contribution in [0.2, 0.25) is 10.0 Å². The van der Waals surface area contributed by atoms with Crippen LogP contribution in [-0.2, 0) is 11.2 Å². The van der Waals surface area contributed by atoms with Crippen molar-refractivity contribution in [3.63, 3.8) is 0 Å². The Kier molecular flexibility index (Phi) is 7.90. The summed E-state index contributed by atoms with van der Waals surface area (Å²) in [5.41, 5.74) is 2.74. The molecule has 2 aromatic carbocycles. The number of benzene rings is 2. The highest BCUT2D eigenvalue weighted by atomic mass is 35.5. The fraction of sp³-hybridized carbons (Fsp3) is 0.241. The maximum Gasteiger partial charge on any atom is 0.331 e. The molecule has 4 heterocycles. The van der Waals surface area contributed by atoms with E-state index < -0.39 is 11.9 Å². The SMILES string of the molecule is COc1cc(N2C(=O)Nc3c(C(=O)Nc4ccc(CCN5CCOCC5)cc4)sc4ncc(C#N)c2c34)c(Cl)cc1Cl. The molecule has 6 rings (SSSR count). The zero-order valence-corrected chi connectivity index (χ0v) is 24.7. The summed E-state index contributed by atoms with van der Waals surface area (Å²) in [6, 6.07) is 12.2. The van der Waals surface area contributed by atoms with Gasteiger partial charge in [-0.2, -0.15) is 5.26 Å². The van der Waals surface area contributed by atoms with Crippen LogP contribution < -0.4 is 20.3 Å². The second-order valence-electron chi connectivity index (χ2n) is 9.68. The summed E-state index contributed by atoms with van der Waals surface area (Å²) in [7, 11) is 1.45. The number of urea groups is 1. The van der Waals surface area contributed by atoms with Gasteiger partial charge in [0.2, 0.25) is 0 Å². The number of nitrogens with one attached hydrogen (secondary N) is 2. The van der Waals surface area contributed by atoms with Gasteiger partial charge in [-0.15, -0.1) is 11.3 Å². The minimum atomic E-state index is -0.602. The lowest BCUT2D eigenvalue weighted by molar-refractivity contribution is 0.0384. The molecule has 0 aliphatic carbocycles. The Labute approximate surface area is 255 Å². The van der Waals surface area contributed by atoms with Crippen molar-refractivity contribution < 1.29 is 19.1 Å². The van der Waals surface area contributed by atoms with Crippen molar-refractivity contribution in [3.8, 4) is 11.8 Å². The number of ether oxygens (including phenoxy) is 2. The Morgan fingerprint density at radius 3 is 2.69 bits per heavy atom. The standard InChI is InChI=1S/C29H24Cl2N6O4S/c1-40-22-13-21(19(30)12-20(22)31)37-25-17(14-32)15-33-28-23(25)24(35-29(37)39)26(42-28)27(38)34-18-4-2-16(3-5-18)6-7-36-8-10-41-11-9-36/h2-5,12-13,15H,6-11H2,1H3,(H,34,38)(H,35,39). The minimum Gasteiger partial charge on any atom is -0.495 e. The third-order valence-electron chi connectivity index (χ3n) is 7.17. The summed E-state index contributed by atoms with van der Waals surface area (Å²) in [5, 5.41) is 16.6. The number of morpholine rings is 1. The molecular formula is C29H24Cl2N6O4S. The van der Waals surface area contributed by atoms with E-state index in [2.05, 4.69) is 26.6 Å². The smallest absolute Gasteiger partial charge is 0.331 e.